The van der Waals surface area contributed by atoms with Crippen molar-refractivity contribution in [2.75, 3.05) is 0 Å². The first-order valence-corrected chi connectivity index (χ1v) is 3.12. The van der Waals surface area contributed by atoms with Crippen LogP contribution < -0.4 is 0 Å². The number of carbonyl (C=O) groups is 1. The summed E-state index contributed by atoms with van der Waals surface area (Å²) < 4.78 is 0. The highest BCUT2D eigenvalue weighted by Crippen LogP contribution is 2.00. The lowest BCUT2D eigenvalue weighted by molar-refractivity contribution is -0.153. The van der Waals surface area contributed by atoms with Crippen molar-refractivity contribution in [1.29, 1.82) is 0 Å². The van der Waals surface area contributed by atoms with Crippen LogP contribution in [0, 0.1) is 0 Å². The molecule has 0 rings (SSSR count). The molecule has 10 heavy (non-hydrogen) atoms. The van der Waals surface area contributed by atoms with E-state index >= 15 is 0 Å². The Balaban J connectivity index is 4.12. The molecule has 4 nitrogen and oxygen atoms in total. The Hall–Kier alpha value is -0.610. The molecule has 2 atom stereocenters. The topological polar surface area (TPSA) is 60.8 Å². The third-order valence-corrected chi connectivity index (χ3v) is 1.17. The maximum absolute atomic E-state index is 10.6. The second kappa shape index (κ2) is 3.53. The Morgan fingerprint density at radius 3 is 1.60 bits per heavy atom. The zero-order chi connectivity index (χ0) is 8.31. The van der Waals surface area contributed by atoms with Crippen LogP contribution in [-0.4, -0.2) is 33.5 Å². The minimum atomic E-state index is -0.933. The molecule has 0 aromatic rings. The van der Waals surface area contributed by atoms with Gasteiger partial charge in [0.25, 0.3) is 0 Å². The third-order valence-electron chi connectivity index (χ3n) is 1.17. The maximum Gasteiger partial charge on any atom is 0.223 e. The van der Waals surface area contributed by atoms with Crippen molar-refractivity contribution in [2.24, 2.45) is 0 Å². The molecule has 2 N–H and O–H groups in total. The monoisotopic (exact) mass is 147 g/mol. The van der Waals surface area contributed by atoms with E-state index in [1.807, 2.05) is 0 Å². The molecule has 0 spiro atoms. The Bertz CT molecular complexity index is 114. The Kier molecular flexibility index (Phi) is 3.32. The number of hydrogen-bond acceptors (Lipinski definition) is 3. The lowest BCUT2D eigenvalue weighted by atomic mass is 10.4. The van der Waals surface area contributed by atoms with E-state index in [0.717, 1.165) is 4.90 Å². The number of carbonyl (C=O) groups excluding carboxylic acids is 1. The van der Waals surface area contributed by atoms with Crippen molar-refractivity contribution in [1.82, 2.24) is 4.90 Å². The van der Waals surface area contributed by atoms with Gasteiger partial charge in [0.2, 0.25) is 5.91 Å². The Labute approximate surface area is 60.1 Å². The fourth-order valence-corrected chi connectivity index (χ4v) is 0.838. The van der Waals surface area contributed by atoms with Crippen LogP contribution in [0.4, 0.5) is 0 Å². The van der Waals surface area contributed by atoms with Gasteiger partial charge < -0.3 is 10.2 Å². The molecule has 0 aliphatic rings. The Morgan fingerprint density at radius 2 is 1.60 bits per heavy atom. The number of aliphatic hydroxyl groups is 2. The molecule has 1 amide bonds. The maximum atomic E-state index is 10.6. The molecule has 0 saturated carbocycles. The van der Waals surface area contributed by atoms with Gasteiger partial charge in [-0.25, -0.2) is 0 Å². The van der Waals surface area contributed by atoms with Crippen molar-refractivity contribution >= 4 is 5.91 Å². The fourth-order valence-electron chi connectivity index (χ4n) is 0.838. The molecular formula is C6H13NO3. The van der Waals surface area contributed by atoms with Crippen molar-refractivity contribution in [3.63, 3.8) is 0 Å². The number of nitrogens with zero attached hydrogens (tertiary/aromatic N) is 1. The minimum absolute atomic E-state index is 0.343. The van der Waals surface area contributed by atoms with Gasteiger partial charge in [0.05, 0.1) is 0 Å². The summed E-state index contributed by atoms with van der Waals surface area (Å²) in [5.41, 5.74) is 0. The molecule has 0 heterocycles. The van der Waals surface area contributed by atoms with Gasteiger partial charge in [-0.2, -0.15) is 0 Å². The molecule has 0 aromatic heterocycles. The van der Waals surface area contributed by atoms with Gasteiger partial charge in [0.1, 0.15) is 12.5 Å². The van der Waals surface area contributed by atoms with Gasteiger partial charge in [-0.3, -0.25) is 9.69 Å². The van der Waals surface area contributed by atoms with Crippen LogP contribution in [0.15, 0.2) is 0 Å². The molecule has 0 aromatic carbocycles. The largest absolute Gasteiger partial charge is 0.374 e. The highest BCUT2D eigenvalue weighted by atomic mass is 16.3. The lowest BCUT2D eigenvalue weighted by Crippen LogP contribution is -2.43. The molecule has 0 fully saturated rings. The van der Waals surface area contributed by atoms with Crippen LogP contribution in [0.3, 0.4) is 0 Å². The predicted molar refractivity (Wildman–Crippen MR) is 35.9 cm³/mol. The summed E-state index contributed by atoms with van der Waals surface area (Å²) >= 11 is 0. The molecule has 0 saturated heterocycles. The van der Waals surface area contributed by atoms with Crippen LogP contribution in [-0.2, 0) is 4.79 Å². The molecule has 0 aliphatic heterocycles. The number of aliphatic hydroxyl groups excluding tert-OH is 2. The van der Waals surface area contributed by atoms with E-state index in [-0.39, 0.29) is 5.91 Å². The highest BCUT2D eigenvalue weighted by Gasteiger charge is 2.17. The first kappa shape index (κ1) is 9.39. The molecule has 0 radical (unpaired) electrons. The van der Waals surface area contributed by atoms with Gasteiger partial charge in [-0.15, -0.1) is 0 Å². The smallest absolute Gasteiger partial charge is 0.223 e. The quantitative estimate of drug-likeness (QED) is 0.518. The molecular weight excluding hydrogens is 134 g/mol. The van der Waals surface area contributed by atoms with E-state index in [2.05, 4.69) is 0 Å². The van der Waals surface area contributed by atoms with Crippen molar-refractivity contribution < 1.29 is 15.0 Å². The molecule has 60 valence electrons. The summed E-state index contributed by atoms with van der Waals surface area (Å²) in [6.45, 7) is 4.14. The average molecular weight is 147 g/mol. The fraction of sp³-hybridized carbons (Fsp3) is 0.833. The SMILES string of the molecule is CC(=O)N([C@H](C)O)[C@H](C)O. The summed E-state index contributed by atoms with van der Waals surface area (Å²) in [6.07, 6.45) is -1.87. The molecule has 0 aliphatic carbocycles. The van der Waals surface area contributed by atoms with Crippen molar-refractivity contribution in [3.05, 3.63) is 0 Å². The van der Waals surface area contributed by atoms with Crippen LogP contribution in [0.5, 0.6) is 0 Å². The van der Waals surface area contributed by atoms with E-state index in [1.165, 1.54) is 20.8 Å². The molecule has 0 unspecified atom stereocenters. The van der Waals surface area contributed by atoms with Crippen LogP contribution in [0.25, 0.3) is 0 Å². The summed E-state index contributed by atoms with van der Waals surface area (Å²) in [5.74, 6) is -0.343. The van der Waals surface area contributed by atoms with Crippen LogP contribution >= 0.6 is 0 Å². The normalized spacial score (nSPS) is 16.1. The summed E-state index contributed by atoms with van der Waals surface area (Å²) in [4.78, 5) is 11.6. The lowest BCUT2D eigenvalue weighted by Gasteiger charge is -2.26. The van der Waals surface area contributed by atoms with E-state index in [0.29, 0.717) is 0 Å². The second-order valence-corrected chi connectivity index (χ2v) is 2.19. The molecule has 4 heteroatoms. The second-order valence-electron chi connectivity index (χ2n) is 2.19. The van der Waals surface area contributed by atoms with Crippen molar-refractivity contribution in [3.8, 4) is 0 Å². The summed E-state index contributed by atoms with van der Waals surface area (Å²) in [7, 11) is 0. The first-order valence-electron chi connectivity index (χ1n) is 3.12. The number of amides is 1. The van der Waals surface area contributed by atoms with Crippen LogP contribution in [0.1, 0.15) is 20.8 Å². The van der Waals surface area contributed by atoms with Gasteiger partial charge >= 0.3 is 0 Å². The van der Waals surface area contributed by atoms with Gasteiger partial charge in [0.15, 0.2) is 0 Å². The van der Waals surface area contributed by atoms with Crippen LogP contribution in [0.2, 0.25) is 0 Å². The van der Waals surface area contributed by atoms with Gasteiger partial charge in [0, 0.05) is 6.92 Å². The zero-order valence-electron chi connectivity index (χ0n) is 6.40. The third kappa shape index (κ3) is 2.33. The Morgan fingerprint density at radius 1 is 1.30 bits per heavy atom. The summed E-state index contributed by atoms with van der Waals surface area (Å²) in [6, 6.07) is 0. The standard InChI is InChI=1S/C6H13NO3/c1-4(8)7(5(2)9)6(3)10/h4-5,8-9H,1-3H3/t4-,5-/m0/s1. The highest BCUT2D eigenvalue weighted by molar-refractivity contribution is 5.73. The van der Waals surface area contributed by atoms with E-state index in [4.69, 9.17) is 10.2 Å². The van der Waals surface area contributed by atoms with Gasteiger partial charge in [-0.1, -0.05) is 0 Å². The minimum Gasteiger partial charge on any atom is -0.374 e. The average Bonchev–Trinajstić information content (AvgIpc) is 1.59. The van der Waals surface area contributed by atoms with Gasteiger partial charge in [-0.05, 0) is 13.8 Å². The number of hydrogen-bond donors (Lipinski definition) is 2. The van der Waals surface area contributed by atoms with E-state index in [1.54, 1.807) is 0 Å². The predicted octanol–water partition coefficient (Wildman–Crippen LogP) is -0.488. The van der Waals surface area contributed by atoms with Crippen molar-refractivity contribution in [2.45, 2.75) is 33.2 Å². The number of rotatable bonds is 2. The zero-order valence-corrected chi connectivity index (χ0v) is 6.40. The molecule has 0 bridgehead atoms. The van der Waals surface area contributed by atoms with E-state index < -0.39 is 12.5 Å². The first-order chi connectivity index (χ1) is 4.46. The summed E-state index contributed by atoms with van der Waals surface area (Å²) in [5, 5.41) is 17.8. The van der Waals surface area contributed by atoms with E-state index in [9.17, 15) is 4.79 Å².